The van der Waals surface area contributed by atoms with Crippen LogP contribution in [0.2, 0.25) is 0 Å². The van der Waals surface area contributed by atoms with Crippen molar-refractivity contribution in [3.63, 3.8) is 0 Å². The Hall–Kier alpha value is -2.14. The van der Waals surface area contributed by atoms with E-state index in [1.807, 2.05) is 17.0 Å². The smallest absolute Gasteiger partial charge is 0.254 e. The van der Waals surface area contributed by atoms with Crippen LogP contribution in [0.1, 0.15) is 41.7 Å². The van der Waals surface area contributed by atoms with Crippen molar-refractivity contribution in [3.05, 3.63) is 64.1 Å². The summed E-state index contributed by atoms with van der Waals surface area (Å²) >= 11 is 3.45. The Kier molecular flexibility index (Phi) is 5.00. The largest absolute Gasteiger partial charge is 0.332 e. The molecule has 1 atom stereocenters. The van der Waals surface area contributed by atoms with Crippen LogP contribution in [0.15, 0.2) is 53.0 Å². The zero-order valence-electron chi connectivity index (χ0n) is 13.5. The van der Waals surface area contributed by atoms with E-state index in [0.717, 1.165) is 29.4 Å². The van der Waals surface area contributed by atoms with E-state index < -0.39 is 0 Å². The van der Waals surface area contributed by atoms with Crippen LogP contribution in [0.5, 0.6) is 0 Å². The number of halogens is 1. The van der Waals surface area contributed by atoms with Gasteiger partial charge in [0.1, 0.15) is 0 Å². The summed E-state index contributed by atoms with van der Waals surface area (Å²) in [5.74, 6) is -0.138. The molecule has 1 fully saturated rings. The fourth-order valence-corrected chi connectivity index (χ4v) is 3.40. The lowest BCUT2D eigenvalue weighted by Crippen LogP contribution is -2.30. The van der Waals surface area contributed by atoms with E-state index in [4.69, 9.17) is 0 Å². The van der Waals surface area contributed by atoms with Gasteiger partial charge in [-0.25, -0.2) is 0 Å². The van der Waals surface area contributed by atoms with Gasteiger partial charge in [-0.2, -0.15) is 0 Å². The molecular weight excluding hydrogens is 368 g/mol. The summed E-state index contributed by atoms with van der Waals surface area (Å²) in [5.41, 5.74) is 2.40. The van der Waals surface area contributed by atoms with E-state index in [2.05, 4.69) is 33.4 Å². The fraction of sp³-hybridized carbons (Fsp3) is 0.263. The number of anilines is 1. The molecule has 1 N–H and O–H groups in total. The Bertz CT molecular complexity index is 758. The number of nitrogens with zero attached hydrogens (tertiary/aromatic N) is 1. The molecule has 1 heterocycles. The molecule has 1 aliphatic heterocycles. The standard InChI is InChI=1S/C19H19BrN2O2/c1-13(23)21-17-5-2-4-15(12-17)19(24)22-11-3-6-18(22)14-7-9-16(20)10-8-14/h2,4-5,7-10,12,18H,3,6,11H2,1H3,(H,21,23)/t18-/m0/s1. The number of hydrogen-bond acceptors (Lipinski definition) is 2. The first kappa shape index (κ1) is 16.7. The number of carbonyl (C=O) groups is 2. The van der Waals surface area contributed by atoms with Gasteiger partial charge >= 0.3 is 0 Å². The lowest BCUT2D eigenvalue weighted by atomic mass is 10.0. The van der Waals surface area contributed by atoms with Crippen molar-refractivity contribution in [1.82, 2.24) is 4.90 Å². The zero-order valence-corrected chi connectivity index (χ0v) is 15.0. The number of carbonyl (C=O) groups excluding carboxylic acids is 2. The second-order valence-electron chi connectivity index (χ2n) is 5.97. The van der Waals surface area contributed by atoms with Crippen LogP contribution in [0, 0.1) is 0 Å². The molecule has 0 bridgehead atoms. The first-order chi connectivity index (χ1) is 11.5. The van der Waals surface area contributed by atoms with Crippen LogP contribution < -0.4 is 5.32 Å². The Morgan fingerprint density at radius 1 is 1.17 bits per heavy atom. The van der Waals surface area contributed by atoms with E-state index in [1.54, 1.807) is 24.3 Å². The number of hydrogen-bond donors (Lipinski definition) is 1. The summed E-state index contributed by atoms with van der Waals surface area (Å²) in [6, 6.07) is 15.4. The van der Waals surface area contributed by atoms with Crippen LogP contribution >= 0.6 is 15.9 Å². The molecule has 3 rings (SSSR count). The van der Waals surface area contributed by atoms with Gasteiger partial charge in [-0.15, -0.1) is 0 Å². The molecule has 0 saturated carbocycles. The lowest BCUT2D eigenvalue weighted by molar-refractivity contribution is -0.114. The monoisotopic (exact) mass is 386 g/mol. The van der Waals surface area contributed by atoms with Crippen LogP contribution in [0.4, 0.5) is 5.69 Å². The first-order valence-corrected chi connectivity index (χ1v) is 8.78. The van der Waals surface area contributed by atoms with Crippen molar-refractivity contribution >= 4 is 33.4 Å². The maximum Gasteiger partial charge on any atom is 0.254 e. The van der Waals surface area contributed by atoms with Gasteiger partial charge < -0.3 is 10.2 Å². The van der Waals surface area contributed by atoms with Gasteiger partial charge in [0.2, 0.25) is 5.91 Å². The highest BCUT2D eigenvalue weighted by atomic mass is 79.9. The zero-order chi connectivity index (χ0) is 17.1. The second-order valence-corrected chi connectivity index (χ2v) is 6.89. The van der Waals surface area contributed by atoms with Gasteiger partial charge in [-0.3, -0.25) is 9.59 Å². The molecule has 0 aliphatic carbocycles. The quantitative estimate of drug-likeness (QED) is 0.850. The molecule has 2 aromatic carbocycles. The third kappa shape index (κ3) is 3.67. The van der Waals surface area contributed by atoms with Crippen molar-refractivity contribution < 1.29 is 9.59 Å². The molecular formula is C19H19BrN2O2. The predicted octanol–water partition coefficient (Wildman–Crippen LogP) is 4.38. The summed E-state index contributed by atoms with van der Waals surface area (Å²) in [4.78, 5) is 26.1. The number of amides is 2. The van der Waals surface area contributed by atoms with Gasteiger partial charge in [-0.05, 0) is 48.7 Å². The van der Waals surface area contributed by atoms with Crippen molar-refractivity contribution in [2.45, 2.75) is 25.8 Å². The molecule has 0 aromatic heterocycles. The van der Waals surface area contributed by atoms with Crippen molar-refractivity contribution in [2.75, 3.05) is 11.9 Å². The maximum absolute atomic E-state index is 12.9. The summed E-state index contributed by atoms with van der Waals surface area (Å²) < 4.78 is 1.03. The van der Waals surface area contributed by atoms with E-state index in [0.29, 0.717) is 11.3 Å². The molecule has 0 spiro atoms. The van der Waals surface area contributed by atoms with Gasteiger partial charge in [0.25, 0.3) is 5.91 Å². The second kappa shape index (κ2) is 7.18. The molecule has 1 saturated heterocycles. The molecule has 124 valence electrons. The highest BCUT2D eigenvalue weighted by Gasteiger charge is 2.30. The van der Waals surface area contributed by atoms with Crippen LogP contribution in [-0.4, -0.2) is 23.3 Å². The molecule has 1 aliphatic rings. The van der Waals surface area contributed by atoms with Gasteiger partial charge in [0.15, 0.2) is 0 Å². The molecule has 0 unspecified atom stereocenters. The SMILES string of the molecule is CC(=O)Nc1cccc(C(=O)N2CCC[C@H]2c2ccc(Br)cc2)c1. The Morgan fingerprint density at radius 3 is 2.62 bits per heavy atom. The van der Waals surface area contributed by atoms with Gasteiger partial charge in [-0.1, -0.05) is 34.1 Å². The Morgan fingerprint density at radius 2 is 1.92 bits per heavy atom. The highest BCUT2D eigenvalue weighted by molar-refractivity contribution is 9.10. The highest BCUT2D eigenvalue weighted by Crippen LogP contribution is 2.33. The van der Waals surface area contributed by atoms with Crippen molar-refractivity contribution in [2.24, 2.45) is 0 Å². The topological polar surface area (TPSA) is 49.4 Å². The maximum atomic E-state index is 12.9. The van der Waals surface area contributed by atoms with Gasteiger partial charge in [0, 0.05) is 29.2 Å². The summed E-state index contributed by atoms with van der Waals surface area (Å²) in [5, 5.41) is 2.72. The average molecular weight is 387 g/mol. The Labute approximate surface area is 150 Å². The Balaban J connectivity index is 1.83. The van der Waals surface area contributed by atoms with Crippen LogP contribution in [-0.2, 0) is 4.79 Å². The van der Waals surface area contributed by atoms with Crippen molar-refractivity contribution in [3.8, 4) is 0 Å². The van der Waals surface area contributed by atoms with Gasteiger partial charge in [0.05, 0.1) is 6.04 Å². The van der Waals surface area contributed by atoms with Crippen LogP contribution in [0.3, 0.4) is 0 Å². The summed E-state index contributed by atoms with van der Waals surface area (Å²) in [6.45, 7) is 2.21. The fourth-order valence-electron chi connectivity index (χ4n) is 3.14. The number of rotatable bonds is 3. The molecule has 2 aromatic rings. The number of likely N-dealkylation sites (tertiary alicyclic amines) is 1. The van der Waals surface area contributed by atoms with Crippen LogP contribution in [0.25, 0.3) is 0 Å². The molecule has 5 heteroatoms. The van der Waals surface area contributed by atoms with E-state index >= 15 is 0 Å². The predicted molar refractivity (Wildman–Crippen MR) is 97.9 cm³/mol. The van der Waals surface area contributed by atoms with E-state index in [9.17, 15) is 9.59 Å². The average Bonchev–Trinajstić information content (AvgIpc) is 3.04. The lowest BCUT2D eigenvalue weighted by Gasteiger charge is -2.25. The third-order valence-corrected chi connectivity index (χ3v) is 4.73. The van der Waals surface area contributed by atoms with Crippen molar-refractivity contribution in [1.29, 1.82) is 0 Å². The van der Waals surface area contributed by atoms with E-state index in [-0.39, 0.29) is 17.9 Å². The summed E-state index contributed by atoms with van der Waals surface area (Å²) in [6.07, 6.45) is 1.97. The molecule has 2 amide bonds. The minimum Gasteiger partial charge on any atom is -0.332 e. The minimum absolute atomic E-state index is 0.00706. The normalized spacial score (nSPS) is 16.9. The molecule has 0 radical (unpaired) electrons. The summed E-state index contributed by atoms with van der Waals surface area (Å²) in [7, 11) is 0. The molecule has 4 nitrogen and oxygen atoms in total. The first-order valence-electron chi connectivity index (χ1n) is 7.98. The minimum atomic E-state index is -0.145. The molecule has 24 heavy (non-hydrogen) atoms. The third-order valence-electron chi connectivity index (χ3n) is 4.20. The number of nitrogens with one attached hydrogen (secondary N) is 1. The number of benzene rings is 2. The van der Waals surface area contributed by atoms with E-state index in [1.165, 1.54) is 6.92 Å².